The van der Waals surface area contributed by atoms with E-state index < -0.39 is 18.6 Å². The quantitative estimate of drug-likeness (QED) is 0.818. The molecule has 1 atom stereocenters. The maximum Gasteiger partial charge on any atom is 0.289 e. The molecule has 6 heteroatoms. The molecule has 0 amide bonds. The van der Waals surface area contributed by atoms with Gasteiger partial charge in [0, 0.05) is 0 Å². The summed E-state index contributed by atoms with van der Waals surface area (Å²) in [5.41, 5.74) is 5.60. The van der Waals surface area contributed by atoms with Gasteiger partial charge in [0.2, 0.25) is 0 Å². The first kappa shape index (κ1) is 14.7. The fourth-order valence-electron chi connectivity index (χ4n) is 1.49. The lowest BCUT2D eigenvalue weighted by Gasteiger charge is -2.22. The Morgan fingerprint density at radius 3 is 2.56 bits per heavy atom. The molecule has 0 saturated carbocycles. The summed E-state index contributed by atoms with van der Waals surface area (Å²) < 4.78 is 36.9. The van der Waals surface area contributed by atoms with E-state index in [1.165, 1.54) is 25.3 Å². The van der Waals surface area contributed by atoms with Gasteiger partial charge in [-0.15, -0.1) is 0 Å². The van der Waals surface area contributed by atoms with Gasteiger partial charge in [0.1, 0.15) is 6.61 Å². The summed E-state index contributed by atoms with van der Waals surface area (Å²) in [6.07, 6.45) is 0. The molecule has 0 spiro atoms. The van der Waals surface area contributed by atoms with E-state index in [0.29, 0.717) is 18.1 Å². The van der Waals surface area contributed by atoms with Crippen molar-refractivity contribution in [2.75, 3.05) is 20.3 Å². The van der Waals surface area contributed by atoms with Crippen molar-refractivity contribution in [2.24, 2.45) is 5.73 Å². The van der Waals surface area contributed by atoms with Crippen molar-refractivity contribution in [3.63, 3.8) is 0 Å². The first-order valence-corrected chi connectivity index (χ1v) is 5.51. The Kier molecular flexibility index (Phi) is 4.86. The van der Waals surface area contributed by atoms with Gasteiger partial charge in [0.05, 0.1) is 19.8 Å². The number of alkyl halides is 2. The minimum absolute atomic E-state index is 0.175. The molecule has 3 N–H and O–H groups in total. The topological polar surface area (TPSA) is 64.7 Å². The van der Waals surface area contributed by atoms with E-state index in [1.807, 2.05) is 0 Å². The van der Waals surface area contributed by atoms with Crippen molar-refractivity contribution in [3.05, 3.63) is 23.8 Å². The maximum absolute atomic E-state index is 13.3. The lowest BCUT2D eigenvalue weighted by Crippen LogP contribution is -2.36. The summed E-state index contributed by atoms with van der Waals surface area (Å²) in [5, 5.41) is 8.61. The number of ether oxygens (including phenoxy) is 2. The molecule has 0 aliphatic carbocycles. The van der Waals surface area contributed by atoms with E-state index in [2.05, 4.69) is 0 Å². The molecule has 0 heterocycles. The number of rotatable bonds is 6. The molecule has 0 bridgehead atoms. The lowest BCUT2D eigenvalue weighted by atomic mass is 10.0. The van der Waals surface area contributed by atoms with E-state index in [-0.39, 0.29) is 5.56 Å². The zero-order valence-electron chi connectivity index (χ0n) is 10.3. The largest absolute Gasteiger partial charge is 0.493 e. The van der Waals surface area contributed by atoms with Crippen molar-refractivity contribution in [1.82, 2.24) is 0 Å². The van der Waals surface area contributed by atoms with Crippen molar-refractivity contribution >= 4 is 0 Å². The van der Waals surface area contributed by atoms with Crippen LogP contribution in [0.4, 0.5) is 8.78 Å². The Morgan fingerprint density at radius 1 is 1.39 bits per heavy atom. The summed E-state index contributed by atoms with van der Waals surface area (Å²) in [4.78, 5) is 0. The smallest absolute Gasteiger partial charge is 0.289 e. The average Bonchev–Trinajstić information content (AvgIpc) is 2.38. The summed E-state index contributed by atoms with van der Waals surface area (Å²) in [6, 6.07) is 2.75. The monoisotopic (exact) mass is 261 g/mol. The van der Waals surface area contributed by atoms with Crippen LogP contribution in [-0.2, 0) is 0 Å². The normalized spacial score (nSPS) is 13.2. The van der Waals surface area contributed by atoms with E-state index in [9.17, 15) is 8.78 Å². The van der Waals surface area contributed by atoms with Crippen molar-refractivity contribution < 1.29 is 23.4 Å². The molecule has 0 unspecified atom stereocenters. The number of hydrogen-bond donors (Lipinski definition) is 2. The van der Waals surface area contributed by atoms with Crippen LogP contribution in [0.3, 0.4) is 0 Å². The highest BCUT2D eigenvalue weighted by atomic mass is 19.3. The average molecular weight is 261 g/mol. The zero-order chi connectivity index (χ0) is 13.8. The number of halogens is 2. The number of hydrogen-bond acceptors (Lipinski definition) is 4. The molecule has 18 heavy (non-hydrogen) atoms. The van der Waals surface area contributed by atoms with E-state index in [0.717, 1.165) is 0 Å². The van der Waals surface area contributed by atoms with Gasteiger partial charge in [-0.25, -0.2) is 8.78 Å². The molecule has 0 aliphatic rings. The second-order valence-corrected chi connectivity index (χ2v) is 3.74. The molecule has 0 aliphatic heterocycles. The van der Waals surface area contributed by atoms with Gasteiger partial charge in [-0.3, -0.25) is 0 Å². The molecule has 1 aromatic carbocycles. The Hall–Kier alpha value is -1.40. The van der Waals surface area contributed by atoms with Crippen LogP contribution in [0.25, 0.3) is 0 Å². The molecule has 1 aromatic rings. The number of methoxy groups -OCH3 is 1. The van der Waals surface area contributed by atoms with Crippen LogP contribution in [0.2, 0.25) is 0 Å². The van der Waals surface area contributed by atoms with Crippen LogP contribution in [-0.4, -0.2) is 31.4 Å². The first-order chi connectivity index (χ1) is 8.46. The highest BCUT2D eigenvalue weighted by molar-refractivity contribution is 5.44. The Labute approximate surface area is 104 Å². The van der Waals surface area contributed by atoms with Gasteiger partial charge in [0.25, 0.3) is 5.92 Å². The van der Waals surface area contributed by atoms with Crippen LogP contribution in [0, 0.1) is 0 Å². The van der Waals surface area contributed by atoms with Crippen LogP contribution >= 0.6 is 0 Å². The van der Waals surface area contributed by atoms with Gasteiger partial charge in [-0.2, -0.15) is 0 Å². The fourth-order valence-corrected chi connectivity index (χ4v) is 1.49. The van der Waals surface area contributed by atoms with Crippen LogP contribution < -0.4 is 15.2 Å². The van der Waals surface area contributed by atoms with Gasteiger partial charge in [-0.1, -0.05) is 6.07 Å². The van der Waals surface area contributed by atoms with Gasteiger partial charge >= 0.3 is 0 Å². The molecule has 1 rings (SSSR count). The predicted octanol–water partition coefficient (Wildman–Crippen LogP) is 1.72. The number of aliphatic hydroxyl groups is 1. The summed E-state index contributed by atoms with van der Waals surface area (Å²) in [5.74, 6) is -2.58. The summed E-state index contributed by atoms with van der Waals surface area (Å²) in [6.45, 7) is 0.942. The van der Waals surface area contributed by atoms with Gasteiger partial charge in [-0.05, 0) is 24.6 Å². The Bertz CT molecular complexity index is 399. The number of aliphatic hydroxyl groups excluding tert-OH is 1. The lowest BCUT2D eigenvalue weighted by molar-refractivity contribution is -0.0712. The Morgan fingerprint density at radius 2 is 2.06 bits per heavy atom. The van der Waals surface area contributed by atoms with E-state index in [1.54, 1.807) is 6.92 Å². The highest BCUT2D eigenvalue weighted by Gasteiger charge is 2.37. The number of nitrogens with two attached hydrogens (primary N) is 1. The third-order valence-corrected chi connectivity index (χ3v) is 2.51. The third kappa shape index (κ3) is 3.08. The first-order valence-electron chi connectivity index (χ1n) is 5.51. The van der Waals surface area contributed by atoms with E-state index >= 15 is 0 Å². The molecule has 0 radical (unpaired) electrons. The van der Waals surface area contributed by atoms with Crippen LogP contribution in [0.5, 0.6) is 11.5 Å². The zero-order valence-corrected chi connectivity index (χ0v) is 10.3. The molecule has 0 aromatic heterocycles. The highest BCUT2D eigenvalue weighted by Crippen LogP contribution is 2.34. The Balaban J connectivity index is 3.05. The van der Waals surface area contributed by atoms with Crippen molar-refractivity contribution in [3.8, 4) is 11.5 Å². The molecule has 0 saturated heterocycles. The van der Waals surface area contributed by atoms with E-state index in [4.69, 9.17) is 20.3 Å². The van der Waals surface area contributed by atoms with Crippen molar-refractivity contribution in [2.45, 2.75) is 18.9 Å². The summed E-state index contributed by atoms with van der Waals surface area (Å²) in [7, 11) is 1.41. The standard InChI is InChI=1S/C12H17F2NO3/c1-3-18-9-5-4-8(6-10(9)17-2)11(15)12(13,14)7-16/h4-6,11,16H,3,7,15H2,1-2H3/t11-/m0/s1. The van der Waals surface area contributed by atoms with Crippen LogP contribution in [0.1, 0.15) is 18.5 Å². The second-order valence-electron chi connectivity index (χ2n) is 3.74. The second kappa shape index (κ2) is 5.97. The van der Waals surface area contributed by atoms with Gasteiger partial charge < -0.3 is 20.3 Å². The minimum atomic E-state index is -3.38. The molecule has 0 fully saturated rings. The minimum Gasteiger partial charge on any atom is -0.493 e. The predicted molar refractivity (Wildman–Crippen MR) is 63.1 cm³/mol. The SMILES string of the molecule is CCOc1ccc([C@H](N)C(F)(F)CO)cc1OC. The molecular weight excluding hydrogens is 244 g/mol. The number of benzene rings is 1. The molecule has 102 valence electrons. The fraction of sp³-hybridized carbons (Fsp3) is 0.500. The van der Waals surface area contributed by atoms with Crippen molar-refractivity contribution in [1.29, 1.82) is 0 Å². The maximum atomic E-state index is 13.3. The molecular formula is C12H17F2NO3. The molecule has 4 nitrogen and oxygen atoms in total. The van der Waals surface area contributed by atoms with Crippen LogP contribution in [0.15, 0.2) is 18.2 Å². The van der Waals surface area contributed by atoms with Gasteiger partial charge in [0.15, 0.2) is 11.5 Å². The third-order valence-electron chi connectivity index (χ3n) is 2.51. The summed E-state index contributed by atoms with van der Waals surface area (Å²) >= 11 is 0.